The van der Waals surface area contributed by atoms with Crippen LogP contribution in [0.3, 0.4) is 0 Å². The Balaban J connectivity index is 1.95. The number of aryl methyl sites for hydroxylation is 2. The van der Waals surface area contributed by atoms with E-state index >= 15 is 0 Å². The van der Waals surface area contributed by atoms with Gasteiger partial charge in [0, 0.05) is 23.5 Å². The minimum absolute atomic E-state index is 0.111. The van der Waals surface area contributed by atoms with Crippen LogP contribution in [0.4, 0.5) is 0 Å². The molecule has 0 aliphatic carbocycles. The van der Waals surface area contributed by atoms with Crippen LogP contribution in [-0.2, 0) is 17.8 Å². The normalized spacial score (nSPS) is 10.9. The SMILES string of the molecule is Cc1cn(CC(Cn2cc(C)c(=O)[nH]c2=O)OC(=O)c2ccccc2)c(=O)[nH]c1=O. The van der Waals surface area contributed by atoms with Crippen LogP contribution in [0.5, 0.6) is 0 Å². The average molecular weight is 412 g/mol. The van der Waals surface area contributed by atoms with Gasteiger partial charge < -0.3 is 4.74 Å². The van der Waals surface area contributed by atoms with Gasteiger partial charge in [0.2, 0.25) is 0 Å². The molecule has 0 fully saturated rings. The second-order valence-corrected chi connectivity index (χ2v) is 6.84. The molecule has 0 bridgehead atoms. The molecule has 1 aromatic carbocycles. The molecule has 10 heteroatoms. The lowest BCUT2D eigenvalue weighted by Gasteiger charge is -2.20. The fraction of sp³-hybridized carbons (Fsp3) is 0.250. The van der Waals surface area contributed by atoms with Gasteiger partial charge in [0.05, 0.1) is 18.7 Å². The summed E-state index contributed by atoms with van der Waals surface area (Å²) in [5.74, 6) is -0.635. The maximum Gasteiger partial charge on any atom is 0.338 e. The lowest BCUT2D eigenvalue weighted by Crippen LogP contribution is -2.40. The first-order valence-corrected chi connectivity index (χ1v) is 9.11. The number of nitrogens with zero attached hydrogens (tertiary/aromatic N) is 2. The highest BCUT2D eigenvalue weighted by Gasteiger charge is 2.19. The molecule has 0 radical (unpaired) electrons. The quantitative estimate of drug-likeness (QED) is 0.544. The number of aromatic nitrogens is 4. The average Bonchev–Trinajstić information content (AvgIpc) is 2.70. The van der Waals surface area contributed by atoms with Gasteiger partial charge in [-0.1, -0.05) is 18.2 Å². The van der Waals surface area contributed by atoms with Crippen LogP contribution >= 0.6 is 0 Å². The van der Waals surface area contributed by atoms with E-state index in [4.69, 9.17) is 4.74 Å². The van der Waals surface area contributed by atoms with Crippen LogP contribution < -0.4 is 22.5 Å². The highest BCUT2D eigenvalue weighted by Crippen LogP contribution is 2.07. The fourth-order valence-electron chi connectivity index (χ4n) is 2.87. The molecule has 10 nitrogen and oxygen atoms in total. The Morgan fingerprint density at radius 2 is 1.33 bits per heavy atom. The van der Waals surface area contributed by atoms with E-state index in [0.717, 1.165) is 0 Å². The van der Waals surface area contributed by atoms with E-state index < -0.39 is 34.6 Å². The number of esters is 1. The van der Waals surface area contributed by atoms with Crippen LogP contribution in [0, 0.1) is 13.8 Å². The molecule has 0 saturated heterocycles. The molecule has 30 heavy (non-hydrogen) atoms. The number of nitrogens with one attached hydrogen (secondary N) is 2. The lowest BCUT2D eigenvalue weighted by molar-refractivity contribution is 0.0209. The zero-order valence-corrected chi connectivity index (χ0v) is 16.4. The zero-order chi connectivity index (χ0) is 21.8. The summed E-state index contributed by atoms with van der Waals surface area (Å²) in [5, 5.41) is 0. The first kappa shape index (κ1) is 20.8. The first-order valence-electron chi connectivity index (χ1n) is 9.11. The minimum Gasteiger partial charge on any atom is -0.455 e. The van der Waals surface area contributed by atoms with Gasteiger partial charge >= 0.3 is 17.3 Å². The Morgan fingerprint density at radius 1 is 0.867 bits per heavy atom. The van der Waals surface area contributed by atoms with Crippen molar-refractivity contribution in [3.63, 3.8) is 0 Å². The summed E-state index contributed by atoms with van der Waals surface area (Å²) in [7, 11) is 0. The molecule has 2 heterocycles. The highest BCUT2D eigenvalue weighted by atomic mass is 16.5. The number of carbonyl (C=O) groups excluding carboxylic acids is 1. The van der Waals surface area contributed by atoms with Crippen LogP contribution in [-0.4, -0.2) is 31.2 Å². The topological polar surface area (TPSA) is 136 Å². The van der Waals surface area contributed by atoms with Crippen molar-refractivity contribution in [1.82, 2.24) is 19.1 Å². The molecule has 156 valence electrons. The third-order valence-electron chi connectivity index (χ3n) is 4.46. The fourth-order valence-corrected chi connectivity index (χ4v) is 2.87. The van der Waals surface area contributed by atoms with Gasteiger partial charge in [0.15, 0.2) is 0 Å². The van der Waals surface area contributed by atoms with E-state index in [0.29, 0.717) is 16.7 Å². The second kappa shape index (κ2) is 8.60. The van der Waals surface area contributed by atoms with E-state index in [-0.39, 0.29) is 13.1 Å². The Morgan fingerprint density at radius 3 is 1.80 bits per heavy atom. The van der Waals surface area contributed by atoms with Crippen molar-refractivity contribution in [2.75, 3.05) is 0 Å². The number of rotatable bonds is 6. The third-order valence-corrected chi connectivity index (χ3v) is 4.46. The summed E-state index contributed by atoms with van der Waals surface area (Å²) >= 11 is 0. The predicted molar refractivity (Wildman–Crippen MR) is 108 cm³/mol. The minimum atomic E-state index is -0.941. The van der Waals surface area contributed by atoms with Crippen molar-refractivity contribution < 1.29 is 9.53 Å². The van der Waals surface area contributed by atoms with Crippen molar-refractivity contribution in [2.24, 2.45) is 0 Å². The number of carbonyl (C=O) groups is 1. The molecular formula is C20H20N4O6. The summed E-state index contributed by atoms with van der Waals surface area (Å²) in [5.41, 5.74) is -1.45. The van der Waals surface area contributed by atoms with Crippen molar-refractivity contribution >= 4 is 5.97 Å². The summed E-state index contributed by atoms with van der Waals surface area (Å²) in [6.07, 6.45) is 1.76. The predicted octanol–water partition coefficient (Wildman–Crippen LogP) is -0.0708. The van der Waals surface area contributed by atoms with E-state index in [1.807, 2.05) is 0 Å². The molecule has 0 atom stereocenters. The Labute approximate surface area is 169 Å². The molecule has 3 rings (SSSR count). The van der Waals surface area contributed by atoms with Gasteiger partial charge in [-0.2, -0.15) is 0 Å². The molecule has 2 aromatic heterocycles. The second-order valence-electron chi connectivity index (χ2n) is 6.84. The maximum absolute atomic E-state index is 12.5. The van der Waals surface area contributed by atoms with E-state index in [1.165, 1.54) is 35.4 Å². The number of ether oxygens (including phenoxy) is 1. The summed E-state index contributed by atoms with van der Waals surface area (Å²) in [4.78, 5) is 64.4. The van der Waals surface area contributed by atoms with Gasteiger partial charge in [0.25, 0.3) is 11.1 Å². The van der Waals surface area contributed by atoms with Gasteiger partial charge in [-0.25, -0.2) is 14.4 Å². The number of hydrogen-bond acceptors (Lipinski definition) is 6. The summed E-state index contributed by atoms with van der Waals surface area (Å²) < 4.78 is 7.95. The zero-order valence-electron chi connectivity index (χ0n) is 16.4. The molecule has 2 N–H and O–H groups in total. The number of aromatic amines is 2. The van der Waals surface area contributed by atoms with Gasteiger partial charge in [0.1, 0.15) is 6.10 Å². The Bertz CT molecular complexity index is 1220. The van der Waals surface area contributed by atoms with Crippen molar-refractivity contribution in [3.05, 3.63) is 101 Å². The van der Waals surface area contributed by atoms with Crippen molar-refractivity contribution in [1.29, 1.82) is 0 Å². The number of H-pyrrole nitrogens is 2. The molecule has 3 aromatic rings. The molecular weight excluding hydrogens is 392 g/mol. The molecule has 0 aliphatic heterocycles. The van der Waals surface area contributed by atoms with Crippen molar-refractivity contribution in [2.45, 2.75) is 33.0 Å². The monoisotopic (exact) mass is 412 g/mol. The van der Waals surface area contributed by atoms with Gasteiger partial charge in [-0.3, -0.25) is 28.7 Å². The molecule has 0 amide bonds. The molecule has 0 spiro atoms. The largest absolute Gasteiger partial charge is 0.455 e. The number of benzene rings is 1. The summed E-state index contributed by atoms with van der Waals surface area (Å²) in [6, 6.07) is 8.26. The van der Waals surface area contributed by atoms with Crippen molar-refractivity contribution in [3.8, 4) is 0 Å². The maximum atomic E-state index is 12.5. The van der Waals surface area contributed by atoms with Crippen LogP contribution in [0.25, 0.3) is 0 Å². The van der Waals surface area contributed by atoms with Gasteiger partial charge in [-0.15, -0.1) is 0 Å². The van der Waals surface area contributed by atoms with E-state index in [2.05, 4.69) is 9.97 Å². The molecule has 0 unspecified atom stereocenters. The lowest BCUT2D eigenvalue weighted by atomic mass is 10.2. The number of hydrogen-bond donors (Lipinski definition) is 2. The van der Waals surface area contributed by atoms with Crippen LogP contribution in [0.2, 0.25) is 0 Å². The summed E-state index contributed by atoms with van der Waals surface area (Å²) in [6.45, 7) is 2.85. The molecule has 0 aliphatic rings. The first-order chi connectivity index (χ1) is 14.2. The highest BCUT2D eigenvalue weighted by molar-refractivity contribution is 5.89. The third kappa shape index (κ3) is 4.72. The van der Waals surface area contributed by atoms with E-state index in [9.17, 15) is 24.0 Å². The van der Waals surface area contributed by atoms with Crippen LogP contribution in [0.15, 0.2) is 61.9 Å². The van der Waals surface area contributed by atoms with E-state index in [1.54, 1.807) is 30.3 Å². The Hall–Kier alpha value is -3.95. The Kier molecular flexibility index (Phi) is 5.95. The standard InChI is InChI=1S/C20H20N4O6/c1-12-8-23(19(28)21-16(12)25)10-15(30-18(27)14-6-4-3-5-7-14)11-24-9-13(2)17(26)22-20(24)29/h3-9,15H,10-11H2,1-2H3,(H,21,25,28)(H,22,26,29). The van der Waals surface area contributed by atoms with Crippen LogP contribution in [0.1, 0.15) is 21.5 Å². The smallest absolute Gasteiger partial charge is 0.338 e. The molecule has 0 saturated carbocycles. The van der Waals surface area contributed by atoms with Gasteiger partial charge in [-0.05, 0) is 26.0 Å².